The number of halogens is 1. The monoisotopic (exact) mass is 517 g/mol. The minimum atomic E-state index is -0.492. The molecule has 36 heavy (non-hydrogen) atoms. The van der Waals surface area contributed by atoms with E-state index in [4.69, 9.17) is 11.6 Å². The molecule has 2 saturated heterocycles. The first-order chi connectivity index (χ1) is 16.9. The quantitative estimate of drug-likeness (QED) is 0.605. The number of carbonyl (C=O) groups excluding carboxylic acids is 2. The third-order valence-electron chi connectivity index (χ3n) is 8.69. The third-order valence-corrected chi connectivity index (χ3v) is 8.94. The van der Waals surface area contributed by atoms with Gasteiger partial charge in [0.05, 0.1) is 24.6 Å². The molecule has 2 N–H and O–H groups in total. The molecule has 1 aromatic rings. The molecule has 2 amide bonds. The van der Waals surface area contributed by atoms with Crippen LogP contribution in [-0.4, -0.2) is 71.1 Å². The van der Waals surface area contributed by atoms with E-state index in [1.165, 1.54) is 0 Å². The van der Waals surface area contributed by atoms with Crippen molar-refractivity contribution >= 4 is 23.4 Å². The highest BCUT2D eigenvalue weighted by molar-refractivity contribution is 6.30. The molecule has 200 valence electrons. The van der Waals surface area contributed by atoms with Crippen LogP contribution in [0.25, 0.3) is 0 Å². The summed E-state index contributed by atoms with van der Waals surface area (Å²) in [5.41, 5.74) is 0.923. The second-order valence-corrected chi connectivity index (χ2v) is 13.4. The SMILES string of the molecule is CC1(C)CCC(N(C(=O)C(C)(C)C)C2CC(CO)N(C(=O)[C@@H]3CNC[C@H]3c3ccc(Cl)cc3)C2)CC1. The van der Waals surface area contributed by atoms with Gasteiger partial charge >= 0.3 is 0 Å². The molecular formula is C29H44ClN3O3. The van der Waals surface area contributed by atoms with E-state index in [0.29, 0.717) is 29.9 Å². The molecule has 3 aliphatic rings. The number of hydrogen-bond acceptors (Lipinski definition) is 4. The van der Waals surface area contributed by atoms with E-state index in [1.54, 1.807) is 0 Å². The van der Waals surface area contributed by atoms with Crippen molar-refractivity contribution in [1.29, 1.82) is 0 Å². The first-order valence-corrected chi connectivity index (χ1v) is 14.0. The molecule has 0 aromatic heterocycles. The van der Waals surface area contributed by atoms with Gasteiger partial charge in [0, 0.05) is 42.0 Å². The van der Waals surface area contributed by atoms with Crippen LogP contribution < -0.4 is 5.32 Å². The second-order valence-electron chi connectivity index (χ2n) is 13.0. The van der Waals surface area contributed by atoms with Crippen LogP contribution in [0.5, 0.6) is 0 Å². The van der Waals surface area contributed by atoms with Crippen LogP contribution in [0.2, 0.25) is 5.02 Å². The van der Waals surface area contributed by atoms with E-state index in [0.717, 1.165) is 37.8 Å². The molecule has 4 rings (SSSR count). The number of aliphatic hydroxyl groups is 1. The fraction of sp³-hybridized carbons (Fsp3) is 0.724. The standard InChI is InChI=1S/C29H44ClN3O3/c1-28(2,3)27(36)33(21-10-12-29(4,5)13-11-21)22-14-23(18-34)32(17-22)26(35)25-16-31-15-24(25)19-6-8-20(30)9-7-19/h6-9,21-25,31,34H,10-18H2,1-5H3/t22?,23?,24-,25+/m0/s1. The molecule has 0 spiro atoms. The van der Waals surface area contributed by atoms with Gasteiger partial charge in [0.15, 0.2) is 0 Å². The Morgan fingerprint density at radius 3 is 2.33 bits per heavy atom. The zero-order valence-corrected chi connectivity index (χ0v) is 23.4. The topological polar surface area (TPSA) is 72.9 Å². The molecule has 2 unspecified atom stereocenters. The minimum absolute atomic E-state index is 0.0626. The van der Waals surface area contributed by atoms with Gasteiger partial charge in [-0.25, -0.2) is 0 Å². The Bertz CT molecular complexity index is 932. The molecule has 7 heteroatoms. The van der Waals surface area contributed by atoms with Gasteiger partial charge in [-0.3, -0.25) is 9.59 Å². The molecule has 4 atom stereocenters. The van der Waals surface area contributed by atoms with Crippen LogP contribution in [-0.2, 0) is 9.59 Å². The lowest BCUT2D eigenvalue weighted by Crippen LogP contribution is -2.54. The number of rotatable bonds is 5. The van der Waals surface area contributed by atoms with Crippen molar-refractivity contribution in [2.24, 2.45) is 16.7 Å². The van der Waals surface area contributed by atoms with E-state index in [2.05, 4.69) is 24.1 Å². The maximum atomic E-state index is 13.9. The van der Waals surface area contributed by atoms with E-state index in [9.17, 15) is 14.7 Å². The Kier molecular flexibility index (Phi) is 8.09. The van der Waals surface area contributed by atoms with Crippen molar-refractivity contribution in [3.63, 3.8) is 0 Å². The zero-order valence-electron chi connectivity index (χ0n) is 22.6. The van der Waals surface area contributed by atoms with E-state index in [1.807, 2.05) is 49.9 Å². The number of hydrogen-bond donors (Lipinski definition) is 2. The van der Waals surface area contributed by atoms with Crippen molar-refractivity contribution < 1.29 is 14.7 Å². The first kappa shape index (κ1) is 27.4. The Labute approximate surface area is 221 Å². The second kappa shape index (κ2) is 10.6. The van der Waals surface area contributed by atoms with Gasteiger partial charge in [-0.15, -0.1) is 0 Å². The molecule has 0 bridgehead atoms. The van der Waals surface area contributed by atoms with E-state index < -0.39 is 5.41 Å². The van der Waals surface area contributed by atoms with Crippen LogP contribution >= 0.6 is 11.6 Å². The third kappa shape index (κ3) is 5.76. The maximum absolute atomic E-state index is 13.9. The number of carbonyl (C=O) groups is 2. The normalized spacial score (nSPS) is 28.9. The van der Waals surface area contributed by atoms with Crippen molar-refractivity contribution in [3.8, 4) is 0 Å². The zero-order chi connectivity index (χ0) is 26.3. The summed E-state index contributed by atoms with van der Waals surface area (Å²) in [5.74, 6) is 0.112. The van der Waals surface area contributed by atoms with Gasteiger partial charge in [0.1, 0.15) is 0 Å². The Balaban J connectivity index is 1.55. The van der Waals surface area contributed by atoms with Crippen molar-refractivity contribution in [2.75, 3.05) is 26.2 Å². The predicted molar refractivity (Wildman–Crippen MR) is 144 cm³/mol. The minimum Gasteiger partial charge on any atom is -0.394 e. The average molecular weight is 518 g/mol. The van der Waals surface area contributed by atoms with Gasteiger partial charge in [-0.1, -0.05) is 58.4 Å². The Hall–Kier alpha value is -1.63. The van der Waals surface area contributed by atoms with Crippen LogP contribution in [0.1, 0.15) is 78.2 Å². The fourth-order valence-corrected chi connectivity index (χ4v) is 6.55. The van der Waals surface area contributed by atoms with Gasteiger partial charge in [0.2, 0.25) is 11.8 Å². The summed E-state index contributed by atoms with van der Waals surface area (Å²) >= 11 is 6.09. The summed E-state index contributed by atoms with van der Waals surface area (Å²) in [7, 11) is 0. The summed E-state index contributed by atoms with van der Waals surface area (Å²) in [5, 5.41) is 14.4. The van der Waals surface area contributed by atoms with Crippen LogP contribution in [0.4, 0.5) is 0 Å². The summed E-state index contributed by atoms with van der Waals surface area (Å²) in [4.78, 5) is 31.6. The molecule has 1 saturated carbocycles. The van der Waals surface area contributed by atoms with Crippen LogP contribution in [0, 0.1) is 16.7 Å². The summed E-state index contributed by atoms with van der Waals surface area (Å²) < 4.78 is 0. The lowest BCUT2D eigenvalue weighted by atomic mass is 9.74. The Morgan fingerprint density at radius 2 is 1.75 bits per heavy atom. The summed E-state index contributed by atoms with van der Waals surface area (Å²) in [6.07, 6.45) is 4.82. The molecule has 1 aliphatic carbocycles. The largest absolute Gasteiger partial charge is 0.394 e. The maximum Gasteiger partial charge on any atom is 0.228 e. The summed E-state index contributed by atoms with van der Waals surface area (Å²) in [6, 6.07) is 7.63. The highest BCUT2D eigenvalue weighted by Gasteiger charge is 2.47. The van der Waals surface area contributed by atoms with Crippen LogP contribution in [0.3, 0.4) is 0 Å². The number of likely N-dealkylation sites (tertiary alicyclic amines) is 1. The average Bonchev–Trinajstić information content (AvgIpc) is 3.47. The van der Waals surface area contributed by atoms with Gasteiger partial charge < -0.3 is 20.2 Å². The molecule has 1 aromatic carbocycles. The van der Waals surface area contributed by atoms with Gasteiger partial charge in [0.25, 0.3) is 0 Å². The lowest BCUT2D eigenvalue weighted by molar-refractivity contribution is -0.147. The van der Waals surface area contributed by atoms with Gasteiger partial charge in [-0.2, -0.15) is 0 Å². The van der Waals surface area contributed by atoms with E-state index >= 15 is 0 Å². The molecule has 0 radical (unpaired) electrons. The molecular weight excluding hydrogens is 474 g/mol. The number of amides is 2. The number of nitrogens with zero attached hydrogens (tertiary/aromatic N) is 2. The Morgan fingerprint density at radius 1 is 1.11 bits per heavy atom. The molecule has 6 nitrogen and oxygen atoms in total. The molecule has 2 aliphatic heterocycles. The highest BCUT2D eigenvalue weighted by Crippen LogP contribution is 2.40. The molecule has 2 heterocycles. The van der Waals surface area contributed by atoms with Crippen LogP contribution in [0.15, 0.2) is 24.3 Å². The van der Waals surface area contributed by atoms with Crippen molar-refractivity contribution in [1.82, 2.24) is 15.1 Å². The van der Waals surface area contributed by atoms with Crippen molar-refractivity contribution in [2.45, 2.75) is 90.8 Å². The first-order valence-electron chi connectivity index (χ1n) is 13.6. The van der Waals surface area contributed by atoms with Gasteiger partial charge in [-0.05, 0) is 55.2 Å². The highest BCUT2D eigenvalue weighted by atomic mass is 35.5. The van der Waals surface area contributed by atoms with E-state index in [-0.39, 0.29) is 48.4 Å². The number of aliphatic hydroxyl groups excluding tert-OH is 1. The van der Waals surface area contributed by atoms with Crippen molar-refractivity contribution in [3.05, 3.63) is 34.9 Å². The number of benzene rings is 1. The number of nitrogens with one attached hydrogen (secondary N) is 1. The lowest BCUT2D eigenvalue weighted by Gasteiger charge is -2.45. The summed E-state index contributed by atoms with van der Waals surface area (Å²) in [6.45, 7) is 12.3. The smallest absolute Gasteiger partial charge is 0.228 e. The fourth-order valence-electron chi connectivity index (χ4n) is 6.43. The predicted octanol–water partition coefficient (Wildman–Crippen LogP) is 4.45. The molecule has 3 fully saturated rings.